The maximum atomic E-state index is 12.2. The fourth-order valence-electron chi connectivity index (χ4n) is 2.04. The molecule has 1 heterocycles. The molecular weight excluding hydrogens is 284 g/mol. The fraction of sp³-hybridized carbons (Fsp3) is 0.267. The van der Waals surface area contributed by atoms with Crippen LogP contribution in [0, 0.1) is 6.92 Å². The van der Waals surface area contributed by atoms with Gasteiger partial charge in [0.2, 0.25) is 0 Å². The molecule has 0 atom stereocenters. The van der Waals surface area contributed by atoms with Gasteiger partial charge in [-0.3, -0.25) is 4.68 Å². The molecule has 0 saturated heterocycles. The second-order valence-electron chi connectivity index (χ2n) is 5.01. The van der Waals surface area contributed by atoms with E-state index < -0.39 is 5.97 Å². The molecule has 0 radical (unpaired) electrons. The Kier molecular flexibility index (Phi) is 4.45. The summed E-state index contributed by atoms with van der Waals surface area (Å²) in [7, 11) is 3.28. The summed E-state index contributed by atoms with van der Waals surface area (Å²) in [5, 5.41) is 15.7. The van der Waals surface area contributed by atoms with Crippen molar-refractivity contribution in [2.45, 2.75) is 13.5 Å². The predicted molar refractivity (Wildman–Crippen MR) is 81.8 cm³/mol. The molecule has 0 fully saturated rings. The van der Waals surface area contributed by atoms with Crippen LogP contribution in [-0.2, 0) is 13.6 Å². The summed E-state index contributed by atoms with van der Waals surface area (Å²) < 4.78 is 1.43. The highest BCUT2D eigenvalue weighted by Gasteiger charge is 2.22. The van der Waals surface area contributed by atoms with E-state index in [1.165, 1.54) is 9.58 Å². The Morgan fingerprint density at radius 1 is 1.32 bits per heavy atom. The van der Waals surface area contributed by atoms with Gasteiger partial charge in [-0.25, -0.2) is 9.59 Å². The number of carbonyl (C=O) groups excluding carboxylic acids is 1. The molecule has 0 aliphatic carbocycles. The molecule has 2 aromatic rings. The Morgan fingerprint density at radius 2 is 1.95 bits per heavy atom. The van der Waals surface area contributed by atoms with Gasteiger partial charge < -0.3 is 15.3 Å². The molecule has 0 saturated carbocycles. The molecule has 116 valence electrons. The molecule has 7 heteroatoms. The number of urea groups is 1. The molecule has 0 spiro atoms. The summed E-state index contributed by atoms with van der Waals surface area (Å²) in [5.41, 5.74) is 1.63. The van der Waals surface area contributed by atoms with E-state index in [9.17, 15) is 9.59 Å². The summed E-state index contributed by atoms with van der Waals surface area (Å²) in [6, 6.07) is 9.15. The van der Waals surface area contributed by atoms with E-state index in [0.29, 0.717) is 12.2 Å². The van der Waals surface area contributed by atoms with Crippen LogP contribution < -0.4 is 5.32 Å². The van der Waals surface area contributed by atoms with E-state index in [-0.39, 0.29) is 17.4 Å². The minimum absolute atomic E-state index is 0.165. The van der Waals surface area contributed by atoms with Gasteiger partial charge in [-0.1, -0.05) is 30.3 Å². The highest BCUT2D eigenvalue weighted by Crippen LogP contribution is 2.20. The number of aryl methyl sites for hydroxylation is 1. The highest BCUT2D eigenvalue weighted by atomic mass is 16.4. The molecule has 2 rings (SSSR count). The van der Waals surface area contributed by atoms with Gasteiger partial charge in [-0.05, 0) is 12.5 Å². The minimum Gasteiger partial charge on any atom is -0.476 e. The lowest BCUT2D eigenvalue weighted by molar-refractivity contribution is 0.0690. The van der Waals surface area contributed by atoms with Gasteiger partial charge >= 0.3 is 12.0 Å². The summed E-state index contributed by atoms with van der Waals surface area (Å²) in [6.07, 6.45) is 0. The number of rotatable bonds is 4. The third-order valence-electron chi connectivity index (χ3n) is 3.38. The molecule has 0 unspecified atom stereocenters. The number of anilines is 1. The van der Waals surface area contributed by atoms with Gasteiger partial charge in [0.25, 0.3) is 0 Å². The minimum atomic E-state index is -1.18. The van der Waals surface area contributed by atoms with Crippen LogP contribution in [0.1, 0.15) is 21.7 Å². The Morgan fingerprint density at radius 3 is 2.55 bits per heavy atom. The first kappa shape index (κ1) is 15.6. The van der Waals surface area contributed by atoms with E-state index in [0.717, 1.165) is 5.56 Å². The van der Waals surface area contributed by atoms with Crippen molar-refractivity contribution in [1.82, 2.24) is 14.7 Å². The average molecular weight is 302 g/mol. The number of hydrogen-bond acceptors (Lipinski definition) is 3. The lowest BCUT2D eigenvalue weighted by Crippen LogP contribution is -2.31. The second-order valence-corrected chi connectivity index (χ2v) is 5.01. The number of benzene rings is 1. The SMILES string of the molecule is Cc1c(NC(=O)N(C)Cc2ccccc2)c(C(=O)O)nn1C. The van der Waals surface area contributed by atoms with Crippen molar-refractivity contribution in [1.29, 1.82) is 0 Å². The summed E-state index contributed by atoms with van der Waals surface area (Å²) >= 11 is 0. The van der Waals surface area contributed by atoms with Crippen molar-refractivity contribution in [3.63, 3.8) is 0 Å². The number of carboxylic acid groups (broad SMARTS) is 1. The number of aromatic carboxylic acids is 1. The van der Waals surface area contributed by atoms with Gasteiger partial charge in [0.1, 0.15) is 0 Å². The Labute approximate surface area is 128 Å². The lowest BCUT2D eigenvalue weighted by Gasteiger charge is -2.18. The van der Waals surface area contributed by atoms with Crippen molar-refractivity contribution in [3.05, 3.63) is 47.3 Å². The third-order valence-corrected chi connectivity index (χ3v) is 3.38. The Hall–Kier alpha value is -2.83. The van der Waals surface area contributed by atoms with Gasteiger partial charge in [-0.15, -0.1) is 0 Å². The van der Waals surface area contributed by atoms with E-state index in [1.807, 2.05) is 30.3 Å². The number of nitrogens with zero attached hydrogens (tertiary/aromatic N) is 3. The Bertz CT molecular complexity index is 694. The average Bonchev–Trinajstić information content (AvgIpc) is 2.76. The quantitative estimate of drug-likeness (QED) is 0.905. The number of hydrogen-bond donors (Lipinski definition) is 2. The molecule has 22 heavy (non-hydrogen) atoms. The van der Waals surface area contributed by atoms with Gasteiger partial charge in [0.15, 0.2) is 5.69 Å². The molecule has 0 aliphatic rings. The summed E-state index contributed by atoms with van der Waals surface area (Å²) in [4.78, 5) is 24.9. The maximum absolute atomic E-state index is 12.2. The monoisotopic (exact) mass is 302 g/mol. The van der Waals surface area contributed by atoms with Crippen LogP contribution in [0.2, 0.25) is 0 Å². The van der Waals surface area contributed by atoms with Crippen LogP contribution in [0.3, 0.4) is 0 Å². The molecule has 0 aliphatic heterocycles. The smallest absolute Gasteiger partial charge is 0.358 e. The largest absolute Gasteiger partial charge is 0.476 e. The molecular formula is C15H18N4O3. The molecule has 1 aromatic heterocycles. The first-order chi connectivity index (χ1) is 10.4. The number of amides is 2. The zero-order chi connectivity index (χ0) is 16.3. The zero-order valence-electron chi connectivity index (χ0n) is 12.7. The standard InChI is InChI=1S/C15H18N4O3/c1-10-12(13(14(20)21)17-19(10)3)16-15(22)18(2)9-11-7-5-4-6-8-11/h4-8H,9H2,1-3H3,(H,16,22)(H,20,21). The second kappa shape index (κ2) is 6.30. The van der Waals surface area contributed by atoms with E-state index in [2.05, 4.69) is 10.4 Å². The number of carboxylic acids is 1. The number of carbonyl (C=O) groups is 2. The first-order valence-corrected chi connectivity index (χ1v) is 6.73. The molecule has 2 N–H and O–H groups in total. The molecule has 0 bridgehead atoms. The van der Waals surface area contributed by atoms with Crippen LogP contribution in [0.25, 0.3) is 0 Å². The molecule has 2 amide bonds. The predicted octanol–water partition coefficient (Wildman–Crippen LogP) is 2.09. The highest BCUT2D eigenvalue weighted by molar-refractivity contribution is 5.99. The van der Waals surface area contributed by atoms with Gasteiger partial charge in [0.05, 0.1) is 11.4 Å². The molecule has 1 aromatic carbocycles. The van der Waals surface area contributed by atoms with E-state index >= 15 is 0 Å². The van der Waals surface area contributed by atoms with Crippen LogP contribution >= 0.6 is 0 Å². The number of aromatic nitrogens is 2. The first-order valence-electron chi connectivity index (χ1n) is 6.73. The zero-order valence-corrected chi connectivity index (χ0v) is 12.7. The van der Waals surface area contributed by atoms with Crippen LogP contribution in [-0.4, -0.2) is 38.8 Å². The van der Waals surface area contributed by atoms with Gasteiger partial charge in [0, 0.05) is 20.6 Å². The summed E-state index contributed by atoms with van der Waals surface area (Å²) in [6.45, 7) is 2.13. The number of nitrogens with one attached hydrogen (secondary N) is 1. The van der Waals surface area contributed by atoms with Crippen LogP contribution in [0.15, 0.2) is 30.3 Å². The normalized spacial score (nSPS) is 10.3. The third kappa shape index (κ3) is 3.25. The van der Waals surface area contributed by atoms with E-state index in [1.54, 1.807) is 21.0 Å². The van der Waals surface area contributed by atoms with Crippen molar-refractivity contribution >= 4 is 17.7 Å². The topological polar surface area (TPSA) is 87.5 Å². The Balaban J connectivity index is 2.13. The van der Waals surface area contributed by atoms with Crippen molar-refractivity contribution in [3.8, 4) is 0 Å². The van der Waals surface area contributed by atoms with Crippen LogP contribution in [0.4, 0.5) is 10.5 Å². The lowest BCUT2D eigenvalue weighted by atomic mass is 10.2. The maximum Gasteiger partial charge on any atom is 0.358 e. The summed E-state index contributed by atoms with van der Waals surface area (Å²) in [5.74, 6) is -1.18. The van der Waals surface area contributed by atoms with Crippen molar-refractivity contribution in [2.24, 2.45) is 7.05 Å². The van der Waals surface area contributed by atoms with Crippen molar-refractivity contribution in [2.75, 3.05) is 12.4 Å². The fourth-order valence-corrected chi connectivity index (χ4v) is 2.04. The van der Waals surface area contributed by atoms with Crippen LogP contribution in [0.5, 0.6) is 0 Å². The van der Waals surface area contributed by atoms with Gasteiger partial charge in [-0.2, -0.15) is 5.10 Å². The van der Waals surface area contributed by atoms with Crippen molar-refractivity contribution < 1.29 is 14.7 Å². The molecule has 7 nitrogen and oxygen atoms in total. The van der Waals surface area contributed by atoms with E-state index in [4.69, 9.17) is 5.11 Å².